The molecule has 0 amide bonds. The minimum absolute atomic E-state index is 0.0697. The molecule has 63 heavy (non-hydrogen) atoms. The summed E-state index contributed by atoms with van der Waals surface area (Å²) < 4.78 is 43.1. The number of aromatic nitrogens is 2. The molecular formula is C60H48N2Si. The van der Waals surface area contributed by atoms with Crippen LogP contribution in [0, 0.1) is 0 Å². The molecule has 2 heterocycles. The van der Waals surface area contributed by atoms with E-state index < -0.39 is 8.07 Å². The number of benzene rings is 9. The lowest BCUT2D eigenvalue weighted by atomic mass is 9.84. The molecule has 302 valence electrons. The summed E-state index contributed by atoms with van der Waals surface area (Å²) >= 11 is 0. The van der Waals surface area contributed by atoms with Crippen LogP contribution < -0.4 is 20.7 Å². The molecule has 12 rings (SSSR count). The molecule has 0 saturated heterocycles. The predicted octanol–water partition coefficient (Wildman–Crippen LogP) is 13.0. The van der Waals surface area contributed by atoms with E-state index in [4.69, 9.17) is 0 Å². The van der Waals surface area contributed by atoms with Gasteiger partial charge in [-0.25, -0.2) is 0 Å². The first kappa shape index (κ1) is 33.4. The van der Waals surface area contributed by atoms with Gasteiger partial charge in [-0.3, -0.25) is 0 Å². The van der Waals surface area contributed by atoms with Gasteiger partial charge in [-0.15, -0.1) is 0 Å². The minimum Gasteiger partial charge on any atom is -0.309 e. The van der Waals surface area contributed by atoms with Crippen LogP contribution in [0.15, 0.2) is 224 Å². The van der Waals surface area contributed by atoms with Crippen LogP contribution >= 0.6 is 0 Å². The summed E-state index contributed by atoms with van der Waals surface area (Å²) in [5.41, 5.74) is 7.52. The van der Waals surface area contributed by atoms with E-state index in [0.717, 1.165) is 38.5 Å². The van der Waals surface area contributed by atoms with Crippen LogP contribution in [0.3, 0.4) is 0 Å². The van der Waals surface area contributed by atoms with Gasteiger partial charge in [0.15, 0.2) is 8.07 Å². The summed E-state index contributed by atoms with van der Waals surface area (Å²) in [7, 11) is -2.81. The van der Waals surface area contributed by atoms with E-state index in [1.807, 2.05) is 34.9 Å². The largest absolute Gasteiger partial charge is 0.309 e. The van der Waals surface area contributed by atoms with Gasteiger partial charge in [0.1, 0.15) is 0 Å². The van der Waals surface area contributed by atoms with Gasteiger partial charge in [0, 0.05) is 27.2 Å². The Labute approximate surface area is 376 Å². The van der Waals surface area contributed by atoms with Gasteiger partial charge >= 0.3 is 0 Å². The lowest BCUT2D eigenvalue weighted by Gasteiger charge is -2.34. The fourth-order valence-corrected chi connectivity index (χ4v) is 15.6. The molecule has 0 bridgehead atoms. The molecule has 0 N–H and O–H groups in total. The predicted molar refractivity (Wildman–Crippen MR) is 270 cm³/mol. The Morgan fingerprint density at radius 2 is 0.921 bits per heavy atom. The Morgan fingerprint density at radius 3 is 1.56 bits per heavy atom. The second kappa shape index (κ2) is 15.6. The zero-order chi connectivity index (χ0) is 45.2. The summed E-state index contributed by atoms with van der Waals surface area (Å²) in [5, 5.41) is 9.37. The van der Waals surface area contributed by atoms with Crippen LogP contribution in [0.25, 0.3) is 66.1 Å². The van der Waals surface area contributed by atoms with Crippen LogP contribution in [-0.4, -0.2) is 17.2 Å². The zero-order valence-corrected chi connectivity index (χ0v) is 36.1. The summed E-state index contributed by atoms with van der Waals surface area (Å²) in [5.74, 6) is 0.592. The SMILES string of the molecule is [2H]c1c([2H])c(-n2c3ccccc3c3c(-n4c5ccccc5c5cc(C6CCCCC6)ccc54)cccc32)c([2H])c([2H])c1-c1ccc([Si](c2ccccc2)(c2ccccc2)c2ccccc2)cc1. The summed E-state index contributed by atoms with van der Waals surface area (Å²) in [4.78, 5) is 0. The Hall–Kier alpha value is -7.20. The van der Waals surface area contributed by atoms with Crippen LogP contribution in [0.5, 0.6) is 0 Å². The number of nitrogens with zero attached hydrogens (tertiary/aromatic N) is 2. The van der Waals surface area contributed by atoms with Crippen molar-refractivity contribution in [1.82, 2.24) is 9.13 Å². The second-order valence-corrected chi connectivity index (χ2v) is 20.9. The molecule has 11 aromatic rings. The molecule has 1 fully saturated rings. The fraction of sp³-hybridized carbons (Fsp3) is 0.100. The van der Waals surface area contributed by atoms with Gasteiger partial charge in [-0.05, 0) is 105 Å². The fourth-order valence-electron chi connectivity index (χ4n) is 10.9. The standard InChI is InChI=1S/C60H48N2Si/c1-5-18-43(19-6-1)46-36-41-57-54(42-46)52-26-13-15-28-55(52)62(57)59-31-17-30-58-60(59)53-27-14-16-29-56(53)61(58)47-37-32-44(33-38-47)45-34-39-51(40-35-45)63(48-20-7-2-8-21-48,49-22-9-3-10-23-49)50-24-11-4-12-25-50/h2-4,7-17,20-43H,1,5-6,18-19H2/i32D,33D,37D,38D. The van der Waals surface area contributed by atoms with Crippen molar-refractivity contribution in [2.24, 2.45) is 0 Å². The maximum Gasteiger partial charge on any atom is 0.179 e. The highest BCUT2D eigenvalue weighted by atomic mass is 28.3. The Bertz CT molecular complexity index is 3520. The third-order valence-corrected chi connectivity index (χ3v) is 18.5. The number of hydrogen-bond acceptors (Lipinski definition) is 0. The lowest BCUT2D eigenvalue weighted by Crippen LogP contribution is -2.74. The Balaban J connectivity index is 1.02. The summed E-state index contributed by atoms with van der Waals surface area (Å²) in [6.07, 6.45) is 6.39. The molecule has 1 aliphatic rings. The average molecular weight is 829 g/mol. The molecule has 0 unspecified atom stereocenters. The highest BCUT2D eigenvalue weighted by Gasteiger charge is 2.41. The first-order valence-corrected chi connectivity index (χ1v) is 24.4. The van der Waals surface area contributed by atoms with Gasteiger partial charge in [0.2, 0.25) is 0 Å². The number of hydrogen-bond donors (Lipinski definition) is 0. The molecule has 0 radical (unpaired) electrons. The molecular weight excluding hydrogens is 777 g/mol. The lowest BCUT2D eigenvalue weighted by molar-refractivity contribution is 0.444. The summed E-state index contributed by atoms with van der Waals surface area (Å²) in [6.45, 7) is 0. The van der Waals surface area contributed by atoms with Gasteiger partial charge in [0.05, 0.1) is 33.2 Å². The van der Waals surface area contributed by atoms with E-state index in [0.29, 0.717) is 11.5 Å². The first-order valence-electron chi connectivity index (χ1n) is 24.4. The second-order valence-electron chi connectivity index (χ2n) is 17.1. The van der Waals surface area contributed by atoms with Crippen molar-refractivity contribution < 1.29 is 5.48 Å². The Morgan fingerprint density at radius 1 is 0.397 bits per heavy atom. The van der Waals surface area contributed by atoms with E-state index in [1.165, 1.54) is 69.2 Å². The van der Waals surface area contributed by atoms with Crippen molar-refractivity contribution in [1.29, 1.82) is 0 Å². The maximum atomic E-state index is 9.73. The first-order chi connectivity index (χ1) is 32.9. The molecule has 0 atom stereocenters. The molecule has 0 aliphatic heterocycles. The van der Waals surface area contributed by atoms with E-state index in [-0.39, 0.29) is 35.4 Å². The molecule has 2 nitrogen and oxygen atoms in total. The van der Waals surface area contributed by atoms with Gasteiger partial charge in [-0.2, -0.15) is 0 Å². The van der Waals surface area contributed by atoms with Gasteiger partial charge in [-0.1, -0.05) is 195 Å². The van der Waals surface area contributed by atoms with Crippen molar-refractivity contribution in [3.8, 4) is 22.5 Å². The highest BCUT2D eigenvalue weighted by Crippen LogP contribution is 2.42. The van der Waals surface area contributed by atoms with Crippen molar-refractivity contribution in [3.63, 3.8) is 0 Å². The average Bonchev–Trinajstić information content (AvgIpc) is 3.90. The van der Waals surface area contributed by atoms with Crippen molar-refractivity contribution >= 4 is 72.4 Å². The number of rotatable bonds is 8. The van der Waals surface area contributed by atoms with Crippen LogP contribution in [0.1, 0.15) is 49.1 Å². The van der Waals surface area contributed by atoms with E-state index in [9.17, 15) is 5.48 Å². The van der Waals surface area contributed by atoms with Crippen LogP contribution in [0.2, 0.25) is 0 Å². The van der Waals surface area contributed by atoms with E-state index in [2.05, 4.69) is 174 Å². The molecule has 2 aromatic heterocycles. The van der Waals surface area contributed by atoms with Crippen LogP contribution in [-0.2, 0) is 0 Å². The third-order valence-electron chi connectivity index (χ3n) is 13.8. The zero-order valence-electron chi connectivity index (χ0n) is 39.1. The van der Waals surface area contributed by atoms with Gasteiger partial charge < -0.3 is 9.13 Å². The van der Waals surface area contributed by atoms with E-state index >= 15 is 0 Å². The monoisotopic (exact) mass is 828 g/mol. The van der Waals surface area contributed by atoms with E-state index in [1.54, 1.807) is 0 Å². The van der Waals surface area contributed by atoms with Crippen molar-refractivity contribution in [3.05, 3.63) is 230 Å². The molecule has 1 saturated carbocycles. The van der Waals surface area contributed by atoms with Crippen molar-refractivity contribution in [2.75, 3.05) is 0 Å². The third kappa shape index (κ3) is 6.13. The molecule has 1 aliphatic carbocycles. The number of para-hydroxylation sites is 2. The van der Waals surface area contributed by atoms with Crippen molar-refractivity contribution in [2.45, 2.75) is 38.0 Å². The number of fused-ring (bicyclic) bond motifs is 6. The molecule has 3 heteroatoms. The minimum atomic E-state index is -2.81. The normalized spacial score (nSPS) is 14.5. The smallest absolute Gasteiger partial charge is 0.179 e. The van der Waals surface area contributed by atoms with Crippen LogP contribution in [0.4, 0.5) is 0 Å². The highest BCUT2D eigenvalue weighted by molar-refractivity contribution is 7.19. The summed E-state index contributed by atoms with van der Waals surface area (Å²) in [6, 6.07) is 70.4. The quantitative estimate of drug-likeness (QED) is 0.107. The molecule has 0 spiro atoms. The maximum absolute atomic E-state index is 9.73. The molecule has 9 aromatic carbocycles. The topological polar surface area (TPSA) is 9.86 Å². The van der Waals surface area contributed by atoms with Gasteiger partial charge in [0.25, 0.3) is 0 Å². The Kier molecular flexibility index (Phi) is 8.28.